The van der Waals surface area contributed by atoms with Gasteiger partial charge in [-0.1, -0.05) is 17.7 Å². The summed E-state index contributed by atoms with van der Waals surface area (Å²) in [6.45, 7) is 1.33. The Morgan fingerprint density at radius 2 is 1.97 bits per heavy atom. The van der Waals surface area contributed by atoms with Gasteiger partial charge in [0.05, 0.1) is 18.4 Å². The van der Waals surface area contributed by atoms with Crippen molar-refractivity contribution < 1.29 is 12.8 Å². The standard InChI is InChI=1S/C23H21ClFN7O2S/c1-35(33,34)19-3-2-13(4-18(19)25)8-27-9-17-7-14-5-16(24)6-15(20(14)31-17)10-32-12-30-21-22(26)28-11-29-23(21)32/h2-7,11-12,27,31H,8-10H2,1H3,(H2,26,28,29). The topological polar surface area (TPSA) is 132 Å². The van der Waals surface area contributed by atoms with E-state index in [9.17, 15) is 12.8 Å². The summed E-state index contributed by atoms with van der Waals surface area (Å²) in [4.78, 5) is 15.7. The Hall–Kier alpha value is -3.54. The first-order valence-corrected chi connectivity index (χ1v) is 12.9. The highest BCUT2D eigenvalue weighted by atomic mass is 35.5. The molecule has 0 aliphatic carbocycles. The monoisotopic (exact) mass is 513 g/mol. The molecule has 9 nitrogen and oxygen atoms in total. The first-order valence-electron chi connectivity index (χ1n) is 10.6. The van der Waals surface area contributed by atoms with Gasteiger partial charge in [0.2, 0.25) is 0 Å². The number of H-pyrrole nitrogens is 1. The number of imidazole rings is 1. The van der Waals surface area contributed by atoms with Gasteiger partial charge in [-0.05, 0) is 41.5 Å². The number of hydrogen-bond donors (Lipinski definition) is 3. The molecule has 12 heteroatoms. The van der Waals surface area contributed by atoms with Crippen LogP contribution in [0.4, 0.5) is 10.2 Å². The third kappa shape index (κ3) is 4.70. The van der Waals surface area contributed by atoms with E-state index < -0.39 is 15.7 Å². The summed E-state index contributed by atoms with van der Waals surface area (Å²) >= 11 is 6.38. The number of benzene rings is 2. The fraction of sp³-hybridized carbons (Fsp3) is 0.174. The number of nitrogen functional groups attached to an aromatic ring is 1. The molecule has 0 saturated carbocycles. The molecule has 0 saturated heterocycles. The predicted octanol–water partition coefficient (Wildman–Crippen LogP) is 3.42. The van der Waals surface area contributed by atoms with E-state index >= 15 is 0 Å². The van der Waals surface area contributed by atoms with Gasteiger partial charge in [-0.15, -0.1) is 0 Å². The lowest BCUT2D eigenvalue weighted by Gasteiger charge is -2.07. The first-order chi connectivity index (χ1) is 16.7. The van der Waals surface area contributed by atoms with Crippen molar-refractivity contribution in [2.75, 3.05) is 12.0 Å². The van der Waals surface area contributed by atoms with Gasteiger partial charge in [0.1, 0.15) is 22.6 Å². The van der Waals surface area contributed by atoms with Gasteiger partial charge in [-0.25, -0.2) is 27.8 Å². The molecule has 35 heavy (non-hydrogen) atoms. The maximum absolute atomic E-state index is 14.1. The van der Waals surface area contributed by atoms with Crippen LogP contribution < -0.4 is 11.1 Å². The average Bonchev–Trinajstić information content (AvgIpc) is 3.38. The molecule has 4 N–H and O–H groups in total. The third-order valence-electron chi connectivity index (χ3n) is 5.64. The Labute approximate surface area is 205 Å². The molecule has 0 fully saturated rings. The Morgan fingerprint density at radius 3 is 2.74 bits per heavy atom. The number of sulfone groups is 1. The maximum atomic E-state index is 14.1. The lowest BCUT2D eigenvalue weighted by Crippen LogP contribution is -2.13. The van der Waals surface area contributed by atoms with Crippen molar-refractivity contribution in [3.05, 3.63) is 76.7 Å². The van der Waals surface area contributed by atoms with Crippen LogP contribution in [0.5, 0.6) is 0 Å². The van der Waals surface area contributed by atoms with Crippen LogP contribution in [0.2, 0.25) is 5.02 Å². The molecule has 0 aliphatic heterocycles. The van der Waals surface area contributed by atoms with Crippen LogP contribution in [-0.2, 0) is 29.5 Å². The van der Waals surface area contributed by atoms with Crippen molar-refractivity contribution in [1.29, 1.82) is 0 Å². The number of hydrogen-bond acceptors (Lipinski definition) is 7. The Morgan fingerprint density at radius 1 is 1.14 bits per heavy atom. The zero-order valence-corrected chi connectivity index (χ0v) is 20.2. The number of rotatable bonds is 7. The highest BCUT2D eigenvalue weighted by Crippen LogP contribution is 2.27. The molecule has 3 heterocycles. The van der Waals surface area contributed by atoms with E-state index in [1.807, 2.05) is 22.8 Å². The second-order valence-electron chi connectivity index (χ2n) is 8.27. The zero-order chi connectivity index (χ0) is 24.7. The van der Waals surface area contributed by atoms with Crippen molar-refractivity contribution in [2.24, 2.45) is 0 Å². The fourth-order valence-electron chi connectivity index (χ4n) is 4.05. The van der Waals surface area contributed by atoms with Crippen molar-refractivity contribution in [3.63, 3.8) is 0 Å². The van der Waals surface area contributed by atoms with E-state index in [2.05, 4.69) is 25.3 Å². The number of anilines is 1. The highest BCUT2D eigenvalue weighted by molar-refractivity contribution is 7.90. The van der Waals surface area contributed by atoms with Crippen molar-refractivity contribution in [1.82, 2.24) is 29.8 Å². The predicted molar refractivity (Wildman–Crippen MR) is 132 cm³/mol. The molecule has 3 aromatic heterocycles. The Kier molecular flexibility index (Phi) is 5.91. The number of fused-ring (bicyclic) bond motifs is 2. The van der Waals surface area contributed by atoms with E-state index in [0.717, 1.165) is 28.4 Å². The molecule has 0 aliphatic rings. The normalized spacial score (nSPS) is 12.1. The second-order valence-corrected chi connectivity index (χ2v) is 10.7. The van der Waals surface area contributed by atoms with E-state index in [1.165, 1.54) is 18.5 Å². The number of aromatic nitrogens is 5. The van der Waals surface area contributed by atoms with Crippen LogP contribution >= 0.6 is 11.6 Å². The summed E-state index contributed by atoms with van der Waals surface area (Å²) in [5.41, 5.74) is 10.5. The van der Waals surface area contributed by atoms with E-state index in [0.29, 0.717) is 47.2 Å². The molecular formula is C23H21ClFN7O2S. The molecule has 0 radical (unpaired) electrons. The molecule has 0 amide bonds. The van der Waals surface area contributed by atoms with Crippen LogP contribution in [-0.4, -0.2) is 39.2 Å². The molecule has 0 atom stereocenters. The highest BCUT2D eigenvalue weighted by Gasteiger charge is 2.15. The minimum Gasteiger partial charge on any atom is -0.382 e. The van der Waals surface area contributed by atoms with E-state index in [1.54, 1.807) is 12.4 Å². The Balaban J connectivity index is 1.35. The van der Waals surface area contributed by atoms with Crippen LogP contribution in [0.1, 0.15) is 16.8 Å². The second kappa shape index (κ2) is 8.91. The average molecular weight is 514 g/mol. The van der Waals surface area contributed by atoms with Gasteiger partial charge in [0.25, 0.3) is 0 Å². The minimum absolute atomic E-state index is 0.305. The molecular weight excluding hydrogens is 493 g/mol. The smallest absolute Gasteiger partial charge is 0.178 e. The summed E-state index contributed by atoms with van der Waals surface area (Å²) in [7, 11) is -3.60. The molecule has 2 aromatic carbocycles. The van der Waals surface area contributed by atoms with Gasteiger partial charge in [0.15, 0.2) is 21.3 Å². The van der Waals surface area contributed by atoms with Crippen LogP contribution in [0.15, 0.2) is 53.9 Å². The lowest BCUT2D eigenvalue weighted by molar-refractivity contribution is 0.567. The number of nitrogens with zero attached hydrogens (tertiary/aromatic N) is 4. The van der Waals surface area contributed by atoms with Crippen molar-refractivity contribution in [3.8, 4) is 0 Å². The van der Waals surface area contributed by atoms with Gasteiger partial charge < -0.3 is 20.6 Å². The molecule has 0 unspecified atom stereocenters. The van der Waals surface area contributed by atoms with Gasteiger partial charge in [-0.3, -0.25) is 0 Å². The van der Waals surface area contributed by atoms with Gasteiger partial charge >= 0.3 is 0 Å². The summed E-state index contributed by atoms with van der Waals surface area (Å²) < 4.78 is 39.2. The maximum Gasteiger partial charge on any atom is 0.178 e. The molecule has 180 valence electrons. The van der Waals surface area contributed by atoms with Gasteiger partial charge in [0, 0.05) is 35.4 Å². The largest absolute Gasteiger partial charge is 0.382 e. The Bertz CT molecular complexity index is 1680. The summed E-state index contributed by atoms with van der Waals surface area (Å²) in [6, 6.07) is 9.89. The number of aromatic amines is 1. The summed E-state index contributed by atoms with van der Waals surface area (Å²) in [5, 5.41) is 4.80. The third-order valence-corrected chi connectivity index (χ3v) is 6.99. The minimum atomic E-state index is -3.60. The van der Waals surface area contributed by atoms with E-state index in [-0.39, 0.29) is 4.90 Å². The van der Waals surface area contributed by atoms with Crippen LogP contribution in [0.25, 0.3) is 22.1 Å². The quantitative estimate of drug-likeness (QED) is 0.304. The summed E-state index contributed by atoms with van der Waals surface area (Å²) in [6.07, 6.45) is 4.06. The zero-order valence-electron chi connectivity index (χ0n) is 18.6. The molecule has 5 aromatic rings. The number of nitrogens with one attached hydrogen (secondary N) is 2. The fourth-order valence-corrected chi connectivity index (χ4v) is 5.03. The van der Waals surface area contributed by atoms with Crippen molar-refractivity contribution >= 4 is 49.3 Å². The number of halogens is 2. The number of nitrogens with two attached hydrogens (primary N) is 1. The first kappa shape index (κ1) is 23.2. The van der Waals surface area contributed by atoms with E-state index in [4.69, 9.17) is 17.3 Å². The SMILES string of the molecule is CS(=O)(=O)c1ccc(CNCc2cc3cc(Cl)cc(Cn4cnc5c(N)ncnc54)c3[nH]2)cc1F. The van der Waals surface area contributed by atoms with Crippen molar-refractivity contribution in [2.45, 2.75) is 24.5 Å². The lowest BCUT2D eigenvalue weighted by atomic mass is 10.1. The van der Waals surface area contributed by atoms with Gasteiger partial charge in [-0.2, -0.15) is 0 Å². The summed E-state index contributed by atoms with van der Waals surface area (Å²) in [5.74, 6) is -0.431. The molecule has 0 spiro atoms. The van der Waals surface area contributed by atoms with Crippen LogP contribution in [0, 0.1) is 5.82 Å². The molecule has 5 rings (SSSR count). The molecule has 0 bridgehead atoms. The van der Waals surface area contributed by atoms with Crippen LogP contribution in [0.3, 0.4) is 0 Å².